The van der Waals surface area contributed by atoms with E-state index in [1.807, 2.05) is 62.4 Å². The van der Waals surface area contributed by atoms with E-state index in [0.717, 1.165) is 16.9 Å². The number of nitrogens with zero attached hydrogens (tertiary/aromatic N) is 3. The largest absolute Gasteiger partial charge is 0.491 e. The van der Waals surface area contributed by atoms with Gasteiger partial charge in [0.25, 0.3) is 0 Å². The molecule has 2 heterocycles. The molecule has 0 aliphatic carbocycles. The monoisotopic (exact) mass is 411 g/mol. The zero-order valence-corrected chi connectivity index (χ0v) is 17.1. The number of hydrogen-bond donors (Lipinski definition) is 0. The smallest absolute Gasteiger partial charge is 0.249 e. The lowest BCUT2D eigenvalue weighted by Gasteiger charge is -2.22. The van der Waals surface area contributed by atoms with Crippen LogP contribution in [0.15, 0.2) is 53.1 Å². The number of carbonyl (C=O) groups is 1. The van der Waals surface area contributed by atoms with Gasteiger partial charge in [-0.15, -0.1) is 0 Å². The van der Waals surface area contributed by atoms with Gasteiger partial charge in [0.2, 0.25) is 17.6 Å². The summed E-state index contributed by atoms with van der Waals surface area (Å²) in [5, 5.41) is 4.77. The fourth-order valence-electron chi connectivity index (χ4n) is 3.46. The summed E-state index contributed by atoms with van der Waals surface area (Å²) >= 11 is 6.08. The first-order valence-corrected chi connectivity index (χ1v) is 10.0. The third kappa shape index (κ3) is 4.43. The first kappa shape index (κ1) is 19.5. The van der Waals surface area contributed by atoms with Crippen LogP contribution in [0.3, 0.4) is 0 Å². The van der Waals surface area contributed by atoms with Crippen LogP contribution in [0.4, 0.5) is 0 Å². The number of likely N-dealkylation sites (tertiary alicyclic amines) is 1. The summed E-state index contributed by atoms with van der Waals surface area (Å²) in [7, 11) is 0. The summed E-state index contributed by atoms with van der Waals surface area (Å²) < 4.78 is 11.2. The average molecular weight is 412 g/mol. The Kier molecular flexibility index (Phi) is 5.53. The van der Waals surface area contributed by atoms with E-state index in [0.29, 0.717) is 36.1 Å². The van der Waals surface area contributed by atoms with Crippen LogP contribution in [0, 0.1) is 0 Å². The third-order valence-corrected chi connectivity index (χ3v) is 5.02. The molecule has 7 heteroatoms. The number of halogens is 1. The Morgan fingerprint density at radius 2 is 2.03 bits per heavy atom. The van der Waals surface area contributed by atoms with Crippen molar-refractivity contribution in [3.63, 3.8) is 0 Å². The lowest BCUT2D eigenvalue weighted by molar-refractivity contribution is -0.129. The maximum atomic E-state index is 12.4. The molecule has 2 aromatic carbocycles. The summed E-state index contributed by atoms with van der Waals surface area (Å²) in [6.45, 7) is 4.43. The first-order chi connectivity index (χ1) is 14.0. The molecular formula is C22H22ClN3O3. The van der Waals surface area contributed by atoms with Gasteiger partial charge in [-0.25, -0.2) is 0 Å². The van der Waals surface area contributed by atoms with E-state index in [2.05, 4.69) is 10.1 Å². The van der Waals surface area contributed by atoms with E-state index in [-0.39, 0.29) is 18.1 Å². The van der Waals surface area contributed by atoms with E-state index in [1.54, 1.807) is 4.90 Å². The van der Waals surface area contributed by atoms with Gasteiger partial charge < -0.3 is 14.2 Å². The minimum atomic E-state index is -0.230. The Morgan fingerprint density at radius 3 is 2.76 bits per heavy atom. The minimum Gasteiger partial charge on any atom is -0.491 e. The maximum Gasteiger partial charge on any atom is 0.249 e. The molecule has 1 aromatic heterocycles. The zero-order chi connectivity index (χ0) is 20.4. The highest BCUT2D eigenvalue weighted by Gasteiger charge is 2.36. The number of benzene rings is 2. The second kappa shape index (κ2) is 8.25. The van der Waals surface area contributed by atoms with Crippen LogP contribution in [-0.2, 0) is 11.3 Å². The Bertz CT molecular complexity index is 1000. The molecule has 1 fully saturated rings. The number of carbonyl (C=O) groups excluding carboxylic acids is 1. The Morgan fingerprint density at radius 1 is 1.24 bits per heavy atom. The third-order valence-electron chi connectivity index (χ3n) is 4.78. The SMILES string of the molecule is CC(C)Oc1ccc(-c2noc(C3CCC(=O)N3Cc3cccc(Cl)c3)n2)cc1. The van der Waals surface area contributed by atoms with E-state index in [1.165, 1.54) is 0 Å². The molecule has 1 unspecified atom stereocenters. The highest BCUT2D eigenvalue weighted by Crippen LogP contribution is 2.34. The molecule has 0 N–H and O–H groups in total. The fraction of sp³-hybridized carbons (Fsp3) is 0.318. The average Bonchev–Trinajstić information content (AvgIpc) is 3.30. The van der Waals surface area contributed by atoms with Gasteiger partial charge in [0.05, 0.1) is 6.10 Å². The Balaban J connectivity index is 1.52. The van der Waals surface area contributed by atoms with E-state index < -0.39 is 0 Å². The van der Waals surface area contributed by atoms with Crippen molar-refractivity contribution < 1.29 is 14.1 Å². The topological polar surface area (TPSA) is 68.5 Å². The van der Waals surface area contributed by atoms with Gasteiger partial charge in [-0.1, -0.05) is 28.9 Å². The summed E-state index contributed by atoms with van der Waals surface area (Å²) in [4.78, 5) is 18.8. The van der Waals surface area contributed by atoms with Crippen LogP contribution in [0.2, 0.25) is 5.02 Å². The molecule has 0 spiro atoms. The summed E-state index contributed by atoms with van der Waals surface area (Å²) in [6, 6.07) is 14.9. The molecule has 1 aliphatic heterocycles. The number of aromatic nitrogens is 2. The summed E-state index contributed by atoms with van der Waals surface area (Å²) in [6.07, 6.45) is 1.23. The van der Waals surface area contributed by atoms with Crippen molar-refractivity contribution in [2.45, 2.75) is 45.4 Å². The predicted molar refractivity (Wildman–Crippen MR) is 109 cm³/mol. The van der Waals surface area contributed by atoms with E-state index >= 15 is 0 Å². The number of hydrogen-bond acceptors (Lipinski definition) is 5. The van der Waals surface area contributed by atoms with Crippen LogP contribution in [0.5, 0.6) is 5.75 Å². The van der Waals surface area contributed by atoms with Crippen molar-refractivity contribution in [1.29, 1.82) is 0 Å². The number of ether oxygens (including phenoxy) is 1. The van der Waals surface area contributed by atoms with E-state index in [9.17, 15) is 4.79 Å². The zero-order valence-electron chi connectivity index (χ0n) is 16.3. The molecule has 1 amide bonds. The maximum absolute atomic E-state index is 12.4. The van der Waals surface area contributed by atoms with Gasteiger partial charge in [-0.2, -0.15) is 4.98 Å². The Labute approximate surface area is 174 Å². The van der Waals surface area contributed by atoms with Gasteiger partial charge in [0.1, 0.15) is 11.8 Å². The fourth-order valence-corrected chi connectivity index (χ4v) is 3.68. The quantitative estimate of drug-likeness (QED) is 0.568. The summed E-state index contributed by atoms with van der Waals surface area (Å²) in [5.41, 5.74) is 1.81. The molecule has 1 saturated heterocycles. The van der Waals surface area contributed by atoms with Gasteiger partial charge in [0, 0.05) is 23.6 Å². The van der Waals surface area contributed by atoms with Crippen LogP contribution < -0.4 is 4.74 Å². The standard InChI is InChI=1S/C22H22ClN3O3/c1-14(2)28-18-8-6-16(7-9-18)21-24-22(29-25-21)19-10-11-20(27)26(19)13-15-4-3-5-17(23)12-15/h3-9,12,14,19H,10-11,13H2,1-2H3. The molecule has 0 radical (unpaired) electrons. The second-order valence-electron chi connectivity index (χ2n) is 7.35. The highest BCUT2D eigenvalue weighted by atomic mass is 35.5. The van der Waals surface area contributed by atoms with Gasteiger partial charge in [-0.3, -0.25) is 4.79 Å². The molecule has 0 bridgehead atoms. The molecular weight excluding hydrogens is 390 g/mol. The molecule has 1 atom stereocenters. The molecule has 6 nitrogen and oxygen atoms in total. The van der Waals surface area contributed by atoms with Crippen LogP contribution >= 0.6 is 11.6 Å². The van der Waals surface area contributed by atoms with Crippen molar-refractivity contribution >= 4 is 17.5 Å². The van der Waals surface area contributed by atoms with E-state index in [4.69, 9.17) is 20.9 Å². The van der Waals surface area contributed by atoms with Crippen LogP contribution in [0.1, 0.15) is 44.2 Å². The van der Waals surface area contributed by atoms with Crippen molar-refractivity contribution in [2.24, 2.45) is 0 Å². The normalized spacial score (nSPS) is 16.6. The Hall–Kier alpha value is -2.86. The first-order valence-electron chi connectivity index (χ1n) is 9.64. The lowest BCUT2D eigenvalue weighted by atomic mass is 10.1. The van der Waals surface area contributed by atoms with Crippen LogP contribution in [0.25, 0.3) is 11.4 Å². The molecule has 0 saturated carbocycles. The molecule has 1 aliphatic rings. The molecule has 3 aromatic rings. The predicted octanol–water partition coefficient (Wildman–Crippen LogP) is 5.04. The molecule has 4 rings (SSSR count). The van der Waals surface area contributed by atoms with Crippen molar-refractivity contribution in [1.82, 2.24) is 15.0 Å². The van der Waals surface area contributed by atoms with Gasteiger partial charge in [-0.05, 0) is 62.2 Å². The van der Waals surface area contributed by atoms with Crippen molar-refractivity contribution in [3.8, 4) is 17.1 Å². The van der Waals surface area contributed by atoms with Crippen molar-refractivity contribution in [3.05, 3.63) is 65.0 Å². The van der Waals surface area contributed by atoms with Crippen LogP contribution in [-0.4, -0.2) is 27.1 Å². The minimum absolute atomic E-state index is 0.0740. The summed E-state index contributed by atoms with van der Waals surface area (Å²) in [5.74, 6) is 1.82. The highest BCUT2D eigenvalue weighted by molar-refractivity contribution is 6.30. The second-order valence-corrected chi connectivity index (χ2v) is 7.79. The number of amides is 1. The van der Waals surface area contributed by atoms with Gasteiger partial charge in [0.15, 0.2) is 0 Å². The number of rotatable bonds is 6. The van der Waals surface area contributed by atoms with Gasteiger partial charge >= 0.3 is 0 Å². The lowest BCUT2D eigenvalue weighted by Crippen LogP contribution is -2.27. The molecule has 29 heavy (non-hydrogen) atoms. The van der Waals surface area contributed by atoms with Crippen molar-refractivity contribution in [2.75, 3.05) is 0 Å². The molecule has 150 valence electrons.